The van der Waals surface area contributed by atoms with Crippen LogP contribution in [0.15, 0.2) is 18.2 Å². The van der Waals surface area contributed by atoms with Crippen LogP contribution < -0.4 is 5.32 Å². The predicted octanol–water partition coefficient (Wildman–Crippen LogP) is 1.92. The number of hydrogen-bond acceptors (Lipinski definition) is 3. The second kappa shape index (κ2) is 5.04. The minimum Gasteiger partial charge on any atom is -0.393 e. The largest absolute Gasteiger partial charge is 0.393 e. The van der Waals surface area contributed by atoms with E-state index >= 15 is 0 Å². The Hall–Kier alpha value is -0.800. The second-order valence-electron chi connectivity index (χ2n) is 2.91. The van der Waals surface area contributed by atoms with Crippen molar-refractivity contribution in [1.29, 1.82) is 0 Å². The van der Waals surface area contributed by atoms with Crippen LogP contribution in [0.3, 0.4) is 0 Å². The van der Waals surface area contributed by atoms with Gasteiger partial charge in [-0.1, -0.05) is 17.7 Å². The van der Waals surface area contributed by atoms with Crippen molar-refractivity contribution in [3.05, 3.63) is 23.4 Å². The van der Waals surface area contributed by atoms with Crippen molar-refractivity contribution in [3.8, 4) is 0 Å². The van der Waals surface area contributed by atoms with E-state index in [1.807, 2.05) is 12.1 Å². The Morgan fingerprint density at radius 3 is 3.00 bits per heavy atom. The molecule has 72 valence electrons. The summed E-state index contributed by atoms with van der Waals surface area (Å²) in [6, 6.07) is 5.40. The summed E-state index contributed by atoms with van der Waals surface area (Å²) >= 11 is 5.69. The lowest BCUT2D eigenvalue weighted by atomic mass is 10.3. The van der Waals surface area contributed by atoms with E-state index in [4.69, 9.17) is 16.7 Å². The van der Waals surface area contributed by atoms with E-state index in [0.29, 0.717) is 18.1 Å². The van der Waals surface area contributed by atoms with Gasteiger partial charge in [0.1, 0.15) is 11.0 Å². The van der Waals surface area contributed by atoms with Crippen molar-refractivity contribution in [1.82, 2.24) is 4.98 Å². The van der Waals surface area contributed by atoms with E-state index in [9.17, 15) is 0 Å². The topological polar surface area (TPSA) is 45.1 Å². The molecule has 0 saturated carbocycles. The molecule has 0 fully saturated rings. The third-order valence-electron chi connectivity index (χ3n) is 1.58. The number of hydrogen-bond donors (Lipinski definition) is 2. The van der Waals surface area contributed by atoms with Gasteiger partial charge < -0.3 is 10.4 Å². The Morgan fingerprint density at radius 2 is 2.38 bits per heavy atom. The molecule has 3 nitrogen and oxygen atoms in total. The van der Waals surface area contributed by atoms with Crippen LogP contribution in [0.1, 0.15) is 13.3 Å². The highest BCUT2D eigenvalue weighted by Crippen LogP contribution is 2.08. The van der Waals surface area contributed by atoms with Crippen LogP contribution in [0.5, 0.6) is 0 Å². The molecule has 1 rings (SSSR count). The van der Waals surface area contributed by atoms with Gasteiger partial charge in [0, 0.05) is 6.54 Å². The van der Waals surface area contributed by atoms with Crippen molar-refractivity contribution in [2.75, 3.05) is 11.9 Å². The van der Waals surface area contributed by atoms with Gasteiger partial charge >= 0.3 is 0 Å². The zero-order valence-electron chi connectivity index (χ0n) is 7.50. The highest BCUT2D eigenvalue weighted by Gasteiger charge is 1.96. The van der Waals surface area contributed by atoms with E-state index in [1.54, 1.807) is 13.0 Å². The SMILES string of the molecule is C[C@@H](O)CCNc1cccc(Cl)n1. The lowest BCUT2D eigenvalue weighted by Gasteiger charge is -2.06. The highest BCUT2D eigenvalue weighted by molar-refractivity contribution is 6.29. The van der Waals surface area contributed by atoms with Crippen LogP contribution in [0.25, 0.3) is 0 Å². The van der Waals surface area contributed by atoms with Crippen LogP contribution in [0.4, 0.5) is 5.82 Å². The maximum Gasteiger partial charge on any atom is 0.131 e. The molecule has 13 heavy (non-hydrogen) atoms. The van der Waals surface area contributed by atoms with Crippen LogP contribution in [0.2, 0.25) is 5.15 Å². The van der Waals surface area contributed by atoms with Gasteiger partial charge in [0.25, 0.3) is 0 Å². The number of halogens is 1. The smallest absolute Gasteiger partial charge is 0.131 e. The van der Waals surface area contributed by atoms with Crippen molar-refractivity contribution in [2.45, 2.75) is 19.4 Å². The average Bonchev–Trinajstić information content (AvgIpc) is 2.03. The first-order valence-corrected chi connectivity index (χ1v) is 4.61. The molecule has 0 unspecified atom stereocenters. The molecular formula is C9H13ClN2O. The van der Waals surface area contributed by atoms with Crippen LogP contribution in [-0.2, 0) is 0 Å². The minimum absolute atomic E-state index is 0.285. The van der Waals surface area contributed by atoms with Gasteiger partial charge in [-0.2, -0.15) is 0 Å². The number of nitrogens with zero attached hydrogens (tertiary/aromatic N) is 1. The fourth-order valence-electron chi connectivity index (χ4n) is 0.916. The van der Waals surface area contributed by atoms with E-state index in [0.717, 1.165) is 5.82 Å². The molecule has 0 aliphatic carbocycles. The third kappa shape index (κ3) is 4.10. The average molecular weight is 201 g/mol. The number of rotatable bonds is 4. The molecule has 0 bridgehead atoms. The monoisotopic (exact) mass is 200 g/mol. The summed E-state index contributed by atoms with van der Waals surface area (Å²) in [7, 11) is 0. The molecule has 1 atom stereocenters. The number of aliphatic hydroxyl groups excluding tert-OH is 1. The fourth-order valence-corrected chi connectivity index (χ4v) is 1.08. The number of anilines is 1. The van der Waals surface area contributed by atoms with Crippen molar-refractivity contribution in [3.63, 3.8) is 0 Å². The van der Waals surface area contributed by atoms with Gasteiger partial charge in [0.2, 0.25) is 0 Å². The highest BCUT2D eigenvalue weighted by atomic mass is 35.5. The van der Waals surface area contributed by atoms with E-state index < -0.39 is 0 Å². The maximum absolute atomic E-state index is 9.00. The van der Waals surface area contributed by atoms with Crippen LogP contribution >= 0.6 is 11.6 Å². The number of aromatic nitrogens is 1. The molecule has 2 N–H and O–H groups in total. The summed E-state index contributed by atoms with van der Waals surface area (Å²) < 4.78 is 0. The first-order valence-electron chi connectivity index (χ1n) is 4.23. The molecule has 1 heterocycles. The van der Waals surface area contributed by atoms with Crippen molar-refractivity contribution < 1.29 is 5.11 Å². The van der Waals surface area contributed by atoms with Gasteiger partial charge in [-0.3, -0.25) is 0 Å². The first kappa shape index (κ1) is 10.3. The van der Waals surface area contributed by atoms with Gasteiger partial charge in [0.05, 0.1) is 6.10 Å². The Kier molecular flexibility index (Phi) is 3.99. The van der Waals surface area contributed by atoms with E-state index in [1.165, 1.54) is 0 Å². The van der Waals surface area contributed by atoms with Crippen molar-refractivity contribution in [2.24, 2.45) is 0 Å². The summed E-state index contributed by atoms with van der Waals surface area (Å²) in [5, 5.41) is 12.5. The molecule has 0 amide bonds. The number of nitrogens with one attached hydrogen (secondary N) is 1. The second-order valence-corrected chi connectivity index (χ2v) is 3.30. The summed E-state index contributed by atoms with van der Waals surface area (Å²) in [6.45, 7) is 2.46. The lowest BCUT2D eigenvalue weighted by Crippen LogP contribution is -2.10. The molecular weight excluding hydrogens is 188 g/mol. The first-order chi connectivity index (χ1) is 6.18. The zero-order chi connectivity index (χ0) is 9.68. The molecule has 0 radical (unpaired) electrons. The maximum atomic E-state index is 9.00. The summed E-state index contributed by atoms with van der Waals surface area (Å²) in [6.07, 6.45) is 0.417. The molecule has 0 aliphatic rings. The fraction of sp³-hybridized carbons (Fsp3) is 0.444. The quantitative estimate of drug-likeness (QED) is 0.730. The molecule has 1 aromatic heterocycles. The Morgan fingerprint density at radius 1 is 1.62 bits per heavy atom. The molecule has 0 spiro atoms. The zero-order valence-corrected chi connectivity index (χ0v) is 8.25. The molecule has 1 aromatic rings. The summed E-state index contributed by atoms with van der Waals surface area (Å²) in [5.74, 6) is 0.744. The standard InChI is InChI=1S/C9H13ClN2O/c1-7(13)5-6-11-9-4-2-3-8(10)12-9/h2-4,7,13H,5-6H2,1H3,(H,11,12)/t7-/m1/s1. The van der Waals surface area contributed by atoms with Crippen molar-refractivity contribution >= 4 is 17.4 Å². The van der Waals surface area contributed by atoms with Gasteiger partial charge in [-0.05, 0) is 25.5 Å². The molecule has 0 aliphatic heterocycles. The van der Waals surface area contributed by atoms with Gasteiger partial charge in [-0.25, -0.2) is 4.98 Å². The third-order valence-corrected chi connectivity index (χ3v) is 1.79. The normalized spacial score (nSPS) is 12.5. The van der Waals surface area contributed by atoms with Gasteiger partial charge in [-0.15, -0.1) is 0 Å². The number of pyridine rings is 1. The van der Waals surface area contributed by atoms with Gasteiger partial charge in [0.15, 0.2) is 0 Å². The minimum atomic E-state index is -0.285. The summed E-state index contributed by atoms with van der Waals surface area (Å²) in [5.41, 5.74) is 0. The number of aliphatic hydroxyl groups is 1. The van der Waals surface area contributed by atoms with E-state index in [2.05, 4.69) is 10.3 Å². The molecule has 4 heteroatoms. The lowest BCUT2D eigenvalue weighted by molar-refractivity contribution is 0.188. The Bertz CT molecular complexity index is 266. The van der Waals surface area contributed by atoms with E-state index in [-0.39, 0.29) is 6.10 Å². The summed E-state index contributed by atoms with van der Waals surface area (Å²) in [4.78, 5) is 4.04. The Labute approximate surface area is 82.8 Å². The van der Waals surface area contributed by atoms with Crippen LogP contribution in [-0.4, -0.2) is 22.7 Å². The molecule has 0 aromatic carbocycles. The van der Waals surface area contributed by atoms with Crippen LogP contribution in [0, 0.1) is 0 Å². The Balaban J connectivity index is 2.37. The predicted molar refractivity (Wildman–Crippen MR) is 54.0 cm³/mol. The molecule has 0 saturated heterocycles.